The second kappa shape index (κ2) is 6.55. The molecule has 1 heterocycles. The normalized spacial score (nSPS) is 16.1. The third-order valence-electron chi connectivity index (χ3n) is 3.97. The van der Waals surface area contributed by atoms with Gasteiger partial charge in [0.25, 0.3) is 0 Å². The van der Waals surface area contributed by atoms with E-state index in [-0.39, 0.29) is 11.7 Å². The minimum atomic E-state index is -0.218. The summed E-state index contributed by atoms with van der Waals surface area (Å²) in [6.45, 7) is 3.65. The molecule has 0 atom stereocenters. The average molecular weight is 274 g/mol. The molecule has 1 fully saturated rings. The number of rotatable bonds is 5. The summed E-state index contributed by atoms with van der Waals surface area (Å²) in [4.78, 5) is 25.2. The molecule has 0 saturated carbocycles. The molecule has 0 spiro atoms. The Morgan fingerprint density at radius 2 is 1.90 bits per heavy atom. The maximum Gasteiger partial charge on any atom is 0.217 e. The zero-order chi connectivity index (χ0) is 14.5. The maximum absolute atomic E-state index is 12.0. The second-order valence-electron chi connectivity index (χ2n) is 5.39. The molecule has 1 aromatic rings. The van der Waals surface area contributed by atoms with E-state index in [1.807, 2.05) is 31.2 Å². The van der Waals surface area contributed by atoms with E-state index in [1.54, 1.807) is 0 Å². The summed E-state index contributed by atoms with van der Waals surface area (Å²) in [5.74, 6) is 0.350. The highest BCUT2D eigenvalue weighted by Crippen LogP contribution is 2.28. The van der Waals surface area contributed by atoms with E-state index >= 15 is 0 Å². The molecule has 1 aromatic carbocycles. The van der Waals surface area contributed by atoms with Gasteiger partial charge in [0.2, 0.25) is 5.91 Å². The summed E-state index contributed by atoms with van der Waals surface area (Å²) >= 11 is 0. The van der Waals surface area contributed by atoms with E-state index < -0.39 is 0 Å². The number of ketones is 1. The van der Waals surface area contributed by atoms with E-state index in [4.69, 9.17) is 5.73 Å². The van der Waals surface area contributed by atoms with E-state index in [0.29, 0.717) is 18.8 Å². The standard InChI is InChI=1S/C16H22N2O2/c1-2-15(19)13-5-3-4-6-14(13)18-9-7-12(8-10-18)11-16(17)20/h3-6,12H,2,7-11H2,1H3,(H2,17,20). The van der Waals surface area contributed by atoms with Crippen LogP contribution in [0.1, 0.15) is 43.0 Å². The van der Waals surface area contributed by atoms with Crippen molar-refractivity contribution < 1.29 is 9.59 Å². The van der Waals surface area contributed by atoms with Crippen LogP contribution in [0, 0.1) is 5.92 Å². The lowest BCUT2D eigenvalue weighted by Gasteiger charge is -2.34. The monoisotopic (exact) mass is 274 g/mol. The predicted molar refractivity (Wildman–Crippen MR) is 79.8 cm³/mol. The van der Waals surface area contributed by atoms with Crippen molar-refractivity contribution >= 4 is 17.4 Å². The molecule has 0 unspecified atom stereocenters. The smallest absolute Gasteiger partial charge is 0.217 e. The van der Waals surface area contributed by atoms with Gasteiger partial charge in [-0.15, -0.1) is 0 Å². The Bertz CT molecular complexity index is 491. The Balaban J connectivity index is 2.07. The quantitative estimate of drug-likeness (QED) is 0.838. The molecule has 1 saturated heterocycles. The molecule has 2 N–H and O–H groups in total. The van der Waals surface area contributed by atoms with Gasteiger partial charge in [0, 0.05) is 37.2 Å². The van der Waals surface area contributed by atoms with Crippen LogP contribution >= 0.6 is 0 Å². The van der Waals surface area contributed by atoms with Crippen LogP contribution in [0.15, 0.2) is 24.3 Å². The van der Waals surface area contributed by atoms with Crippen molar-refractivity contribution in [3.05, 3.63) is 29.8 Å². The lowest BCUT2D eigenvalue weighted by Crippen LogP contribution is -2.35. The minimum Gasteiger partial charge on any atom is -0.371 e. The van der Waals surface area contributed by atoms with Crippen molar-refractivity contribution in [3.8, 4) is 0 Å². The Morgan fingerprint density at radius 3 is 2.50 bits per heavy atom. The Morgan fingerprint density at radius 1 is 1.25 bits per heavy atom. The van der Waals surface area contributed by atoms with Gasteiger partial charge in [-0.1, -0.05) is 19.1 Å². The van der Waals surface area contributed by atoms with E-state index in [1.165, 1.54) is 0 Å². The van der Waals surface area contributed by atoms with Crippen LogP contribution < -0.4 is 10.6 Å². The van der Waals surface area contributed by atoms with E-state index in [9.17, 15) is 9.59 Å². The number of benzene rings is 1. The van der Waals surface area contributed by atoms with Gasteiger partial charge in [0.15, 0.2) is 5.78 Å². The minimum absolute atomic E-state index is 0.180. The first-order chi connectivity index (χ1) is 9.61. The number of carbonyl (C=O) groups excluding carboxylic acids is 2. The lowest BCUT2D eigenvalue weighted by molar-refractivity contribution is -0.119. The number of hydrogen-bond donors (Lipinski definition) is 1. The fourth-order valence-electron chi connectivity index (χ4n) is 2.84. The van der Waals surface area contributed by atoms with Gasteiger partial charge in [0.1, 0.15) is 0 Å². The lowest BCUT2D eigenvalue weighted by atomic mass is 9.92. The molecule has 0 aliphatic carbocycles. The Kier molecular flexibility index (Phi) is 4.77. The molecule has 0 bridgehead atoms. The van der Waals surface area contributed by atoms with Crippen molar-refractivity contribution in [2.24, 2.45) is 11.7 Å². The molecule has 2 rings (SSSR count). The zero-order valence-electron chi connectivity index (χ0n) is 12.0. The number of amides is 1. The van der Waals surface area contributed by atoms with Crippen LogP contribution in [0.25, 0.3) is 0 Å². The number of nitrogens with zero attached hydrogens (tertiary/aromatic N) is 1. The largest absolute Gasteiger partial charge is 0.371 e. The molecule has 4 heteroatoms. The van der Waals surface area contributed by atoms with Crippen molar-refractivity contribution in [1.29, 1.82) is 0 Å². The number of para-hydroxylation sites is 1. The maximum atomic E-state index is 12.0. The highest BCUT2D eigenvalue weighted by Gasteiger charge is 2.23. The Hall–Kier alpha value is -1.84. The topological polar surface area (TPSA) is 63.4 Å². The summed E-state index contributed by atoms with van der Waals surface area (Å²) in [5.41, 5.74) is 7.09. The first-order valence-corrected chi connectivity index (χ1v) is 7.27. The predicted octanol–water partition coefficient (Wildman–Crippen LogP) is 2.37. The van der Waals surface area contributed by atoms with E-state index in [0.717, 1.165) is 37.2 Å². The molecule has 1 amide bonds. The molecule has 108 valence electrons. The summed E-state index contributed by atoms with van der Waals surface area (Å²) in [5, 5.41) is 0. The van der Waals surface area contributed by atoms with Crippen LogP contribution in [0.4, 0.5) is 5.69 Å². The molecule has 0 radical (unpaired) electrons. The van der Waals surface area contributed by atoms with Crippen molar-refractivity contribution in [2.45, 2.75) is 32.6 Å². The van der Waals surface area contributed by atoms with Crippen molar-refractivity contribution in [1.82, 2.24) is 0 Å². The number of piperidine rings is 1. The van der Waals surface area contributed by atoms with Crippen LogP contribution in [0.3, 0.4) is 0 Å². The molecule has 1 aliphatic rings. The van der Waals surface area contributed by atoms with Crippen molar-refractivity contribution in [3.63, 3.8) is 0 Å². The van der Waals surface area contributed by atoms with E-state index in [2.05, 4.69) is 4.90 Å². The van der Waals surface area contributed by atoms with Gasteiger partial charge in [-0.3, -0.25) is 9.59 Å². The summed E-state index contributed by atoms with van der Waals surface area (Å²) in [7, 11) is 0. The first kappa shape index (κ1) is 14.6. The van der Waals surface area contributed by atoms with Crippen LogP contribution in [0.5, 0.6) is 0 Å². The number of Topliss-reactive ketones (excluding diaryl/α,β-unsaturated/α-hetero) is 1. The third-order valence-corrected chi connectivity index (χ3v) is 3.97. The molecule has 1 aliphatic heterocycles. The van der Waals surface area contributed by atoms with Gasteiger partial charge in [0.05, 0.1) is 0 Å². The highest BCUT2D eigenvalue weighted by molar-refractivity contribution is 6.01. The number of anilines is 1. The number of carbonyl (C=O) groups is 2. The zero-order valence-corrected chi connectivity index (χ0v) is 12.0. The molecular weight excluding hydrogens is 252 g/mol. The van der Waals surface area contributed by atoms with Gasteiger partial charge in [-0.25, -0.2) is 0 Å². The van der Waals surface area contributed by atoms with Crippen LogP contribution in [-0.2, 0) is 4.79 Å². The average Bonchev–Trinajstić information content (AvgIpc) is 2.46. The number of hydrogen-bond acceptors (Lipinski definition) is 3. The Labute approximate surface area is 119 Å². The summed E-state index contributed by atoms with van der Waals surface area (Å²) in [6.07, 6.45) is 2.91. The van der Waals surface area contributed by atoms with Gasteiger partial charge < -0.3 is 10.6 Å². The fraction of sp³-hybridized carbons (Fsp3) is 0.500. The first-order valence-electron chi connectivity index (χ1n) is 7.27. The molecule has 0 aromatic heterocycles. The van der Waals surface area contributed by atoms with Gasteiger partial charge in [-0.05, 0) is 30.9 Å². The second-order valence-corrected chi connectivity index (χ2v) is 5.39. The summed E-state index contributed by atoms with van der Waals surface area (Å²) < 4.78 is 0. The summed E-state index contributed by atoms with van der Waals surface area (Å²) in [6, 6.07) is 7.79. The SMILES string of the molecule is CCC(=O)c1ccccc1N1CCC(CC(N)=O)CC1. The van der Waals surface area contributed by atoms with Gasteiger partial charge in [-0.2, -0.15) is 0 Å². The molecular formula is C16H22N2O2. The highest BCUT2D eigenvalue weighted by atomic mass is 16.1. The number of primary amides is 1. The van der Waals surface area contributed by atoms with Crippen molar-refractivity contribution in [2.75, 3.05) is 18.0 Å². The molecule has 4 nitrogen and oxygen atoms in total. The molecule has 20 heavy (non-hydrogen) atoms. The third kappa shape index (κ3) is 3.38. The number of nitrogens with two attached hydrogens (primary N) is 1. The van der Waals surface area contributed by atoms with Crippen LogP contribution in [0.2, 0.25) is 0 Å². The van der Waals surface area contributed by atoms with Crippen LogP contribution in [-0.4, -0.2) is 24.8 Å². The fourth-order valence-corrected chi connectivity index (χ4v) is 2.84. The van der Waals surface area contributed by atoms with Gasteiger partial charge >= 0.3 is 0 Å².